The van der Waals surface area contributed by atoms with Crippen molar-refractivity contribution in [3.05, 3.63) is 58.2 Å². The van der Waals surface area contributed by atoms with Gasteiger partial charge in [-0.2, -0.15) is 15.2 Å². The zero-order valence-electron chi connectivity index (χ0n) is 27.5. The van der Waals surface area contributed by atoms with E-state index in [0.717, 1.165) is 29.9 Å². The molecule has 15 heteroatoms. The van der Waals surface area contributed by atoms with E-state index in [1.165, 1.54) is 32.1 Å². The van der Waals surface area contributed by atoms with E-state index in [1.54, 1.807) is 12.3 Å². The Hall–Kier alpha value is -4.58. The number of hydrogen-bond acceptors (Lipinski definition) is 11. The number of halogens is 4. The van der Waals surface area contributed by atoms with Gasteiger partial charge in [-0.05, 0) is 57.4 Å². The van der Waals surface area contributed by atoms with Crippen molar-refractivity contribution in [3.63, 3.8) is 0 Å². The number of nitrogens with two attached hydrogens (primary N) is 2. The number of benzene rings is 2. The number of fused-ring (bicyclic) bond motifs is 2. The van der Waals surface area contributed by atoms with Gasteiger partial charge >= 0.3 is 6.01 Å². The fraction of sp³-hybridized carbons (Fsp3) is 0.371. The number of rotatable bonds is 4. The van der Waals surface area contributed by atoms with Crippen molar-refractivity contribution in [3.8, 4) is 29.0 Å². The summed E-state index contributed by atoms with van der Waals surface area (Å²) in [5, 5.41) is 10.2. The van der Waals surface area contributed by atoms with Crippen molar-refractivity contribution in [1.82, 2.24) is 19.9 Å². The molecule has 2 fully saturated rings. The maximum Gasteiger partial charge on any atom is 0.318 e. The summed E-state index contributed by atoms with van der Waals surface area (Å²) in [5.74, 6) is -0.581. The molecule has 3 unspecified atom stereocenters. The molecule has 0 amide bonds. The molecule has 0 radical (unpaired) electrons. The molecule has 10 nitrogen and oxygen atoms in total. The van der Waals surface area contributed by atoms with Gasteiger partial charge in [0.15, 0.2) is 11.6 Å². The first-order valence-electron chi connectivity index (χ1n) is 16.2. The maximum absolute atomic E-state index is 16.7. The van der Waals surface area contributed by atoms with Crippen molar-refractivity contribution in [2.24, 2.45) is 0 Å². The van der Waals surface area contributed by atoms with E-state index in [1.807, 2.05) is 30.9 Å². The molecule has 260 valence electrons. The maximum atomic E-state index is 16.7. The second-order valence-corrected chi connectivity index (χ2v) is 14.1. The first kappa shape index (κ1) is 33.9. The third-order valence-corrected chi connectivity index (χ3v) is 11.1. The van der Waals surface area contributed by atoms with Gasteiger partial charge in [0, 0.05) is 35.3 Å². The van der Waals surface area contributed by atoms with E-state index in [9.17, 15) is 14.0 Å². The predicted octanol–water partition coefficient (Wildman–Crippen LogP) is 7.42. The lowest BCUT2D eigenvalue weighted by Gasteiger charge is -2.35. The summed E-state index contributed by atoms with van der Waals surface area (Å²) in [7, 11) is 1.38. The summed E-state index contributed by atoms with van der Waals surface area (Å²) in [4.78, 5) is 17.4. The molecule has 2 saturated heterocycles. The van der Waals surface area contributed by atoms with E-state index in [0.29, 0.717) is 24.2 Å². The Bertz CT molecular complexity index is 2170. The van der Waals surface area contributed by atoms with Crippen LogP contribution in [-0.2, 0) is 0 Å². The lowest BCUT2D eigenvalue weighted by atomic mass is 9.96. The lowest BCUT2D eigenvalue weighted by molar-refractivity contribution is 0.291. The normalized spacial score (nSPS) is 20.5. The van der Waals surface area contributed by atoms with Crippen molar-refractivity contribution < 1.29 is 22.6 Å². The Kier molecular flexibility index (Phi) is 9.00. The molecule has 5 aromatic rings. The number of methoxy groups -OCH3 is 1. The van der Waals surface area contributed by atoms with Crippen LogP contribution in [0.1, 0.15) is 50.3 Å². The minimum Gasteiger partial charge on any atom is -0.489 e. The highest BCUT2D eigenvalue weighted by atomic mass is 35.5. The molecule has 3 aromatic heterocycles. The second kappa shape index (κ2) is 13.3. The van der Waals surface area contributed by atoms with Gasteiger partial charge < -0.3 is 25.8 Å². The molecule has 0 bridgehead atoms. The number of alkyl halides is 1. The molecular formula is C35H34ClF3N8O2S. The first-order valence-corrected chi connectivity index (χ1v) is 17.4. The summed E-state index contributed by atoms with van der Waals surface area (Å²) in [6, 6.07) is 8.07. The Morgan fingerprint density at radius 3 is 2.72 bits per heavy atom. The van der Waals surface area contributed by atoms with Gasteiger partial charge in [-0.15, -0.1) is 11.3 Å². The number of pyridine rings is 1. The largest absolute Gasteiger partial charge is 0.489 e. The second-order valence-electron chi connectivity index (χ2n) is 12.7. The van der Waals surface area contributed by atoms with Crippen LogP contribution in [0.3, 0.4) is 0 Å². The van der Waals surface area contributed by atoms with E-state index in [2.05, 4.69) is 19.9 Å². The number of ether oxygens (including phenoxy) is 2. The smallest absolute Gasteiger partial charge is 0.318 e. The molecule has 3 aliphatic rings. The van der Waals surface area contributed by atoms with E-state index < -0.39 is 17.8 Å². The quantitative estimate of drug-likeness (QED) is 0.193. The Morgan fingerprint density at radius 1 is 1.20 bits per heavy atom. The molecule has 0 saturated carbocycles. The molecule has 3 aliphatic heterocycles. The van der Waals surface area contributed by atoms with Crippen LogP contribution < -0.4 is 25.8 Å². The van der Waals surface area contributed by atoms with Gasteiger partial charge in [0.1, 0.15) is 46.8 Å². The number of anilines is 3. The summed E-state index contributed by atoms with van der Waals surface area (Å²) in [5.41, 5.74) is 13.0. The van der Waals surface area contributed by atoms with Crippen LogP contribution in [0.4, 0.5) is 29.8 Å². The van der Waals surface area contributed by atoms with Crippen LogP contribution in [0.15, 0.2) is 30.5 Å². The van der Waals surface area contributed by atoms with Crippen LogP contribution in [0.2, 0.25) is 5.02 Å². The van der Waals surface area contributed by atoms with Gasteiger partial charge in [0.25, 0.3) is 0 Å². The van der Waals surface area contributed by atoms with Crippen molar-refractivity contribution >= 4 is 60.6 Å². The van der Waals surface area contributed by atoms with Crippen LogP contribution >= 0.6 is 22.9 Å². The number of thiophene rings is 1. The minimum absolute atomic E-state index is 0.0329. The van der Waals surface area contributed by atoms with Crippen LogP contribution in [-0.4, -0.2) is 64.9 Å². The third-order valence-electron chi connectivity index (χ3n) is 9.71. The Morgan fingerprint density at radius 2 is 2.00 bits per heavy atom. The minimum atomic E-state index is -0.816. The molecule has 0 spiro atoms. The van der Waals surface area contributed by atoms with Crippen LogP contribution in [0.25, 0.3) is 32.1 Å². The Balaban J connectivity index is 0.000000375. The number of nitrogen functional groups attached to an aromatic ring is 2. The average Bonchev–Trinajstić information content (AvgIpc) is 3.76. The molecule has 4 atom stereocenters. The first-order chi connectivity index (χ1) is 24.0. The molecule has 0 aliphatic carbocycles. The molecule has 6 heterocycles. The molecular weight excluding hydrogens is 689 g/mol. The van der Waals surface area contributed by atoms with E-state index in [4.69, 9.17) is 32.5 Å². The van der Waals surface area contributed by atoms with E-state index in [-0.39, 0.29) is 78.2 Å². The SMILES string of the molecule is COc1nc2c3c(c(Cl)c(-c4ccc(F)c5sc(N)c(C#N)c45)c(F)c3n1)OCC(C)N2[C@H](C)c1cccnc1N.FC1CC2CCCN2C1. The molecule has 2 aromatic carbocycles. The van der Waals surface area contributed by atoms with Gasteiger partial charge in [-0.3, -0.25) is 4.90 Å². The highest BCUT2D eigenvalue weighted by Gasteiger charge is 2.37. The monoisotopic (exact) mass is 722 g/mol. The zero-order chi connectivity index (χ0) is 35.4. The number of nitriles is 1. The van der Waals surface area contributed by atoms with Crippen molar-refractivity contribution in [2.45, 2.75) is 57.4 Å². The van der Waals surface area contributed by atoms with Crippen molar-refractivity contribution in [1.29, 1.82) is 5.26 Å². The van der Waals surface area contributed by atoms with Gasteiger partial charge in [0.2, 0.25) is 0 Å². The highest BCUT2D eigenvalue weighted by Crippen LogP contribution is 2.51. The summed E-state index contributed by atoms with van der Waals surface area (Å²) in [6.07, 6.45) is 4.41. The molecule has 8 rings (SSSR count). The summed E-state index contributed by atoms with van der Waals surface area (Å²) in [6.45, 7) is 5.87. The summed E-state index contributed by atoms with van der Waals surface area (Å²) >= 11 is 7.84. The number of nitrogens with zero attached hydrogens (tertiary/aromatic N) is 6. The molecule has 50 heavy (non-hydrogen) atoms. The standard InChI is InChI=1S/C28H22ClF2N7O2S.C7H12FN/c1-11-10-40-23-19-22(36-28(39-3)37-27(19)38(11)12(2)13-5-4-8-35-25(13)33)21(31)18(20(23)29)14-6-7-16(30)24-17(14)15(9-32)26(34)41-24;8-6-4-7-2-1-3-9(7)5-6/h4-8,11-12H,10,34H2,1-3H3,(H2,33,35);6-7H,1-5H2/t11?,12-;/m1./s1. The predicted molar refractivity (Wildman–Crippen MR) is 190 cm³/mol. The Labute approximate surface area is 295 Å². The number of hydrogen-bond donors (Lipinski definition) is 2. The van der Waals surface area contributed by atoms with Crippen LogP contribution in [0.5, 0.6) is 11.8 Å². The van der Waals surface area contributed by atoms with Gasteiger partial charge in [0.05, 0.1) is 39.9 Å². The summed E-state index contributed by atoms with van der Waals surface area (Å²) < 4.78 is 55.9. The van der Waals surface area contributed by atoms with Crippen LogP contribution in [0, 0.1) is 23.0 Å². The van der Waals surface area contributed by atoms with Crippen molar-refractivity contribution in [2.75, 3.05) is 43.2 Å². The molecule has 4 N–H and O–H groups in total. The fourth-order valence-corrected chi connectivity index (χ4v) is 8.69. The highest BCUT2D eigenvalue weighted by molar-refractivity contribution is 7.23. The third kappa shape index (κ3) is 5.57. The van der Waals surface area contributed by atoms with Gasteiger partial charge in [-0.1, -0.05) is 23.7 Å². The topological polar surface area (TPSA) is 139 Å². The number of aromatic nitrogens is 3. The zero-order valence-corrected chi connectivity index (χ0v) is 29.1. The fourth-order valence-electron chi connectivity index (χ4n) is 7.41. The average molecular weight is 723 g/mol. The van der Waals surface area contributed by atoms with Gasteiger partial charge in [-0.25, -0.2) is 18.2 Å². The lowest BCUT2D eigenvalue weighted by Crippen LogP contribution is -2.39. The van der Waals surface area contributed by atoms with E-state index >= 15 is 4.39 Å².